The Morgan fingerprint density at radius 3 is 2.90 bits per heavy atom. The topological polar surface area (TPSA) is 90.1 Å². The van der Waals surface area contributed by atoms with Crippen molar-refractivity contribution in [3.05, 3.63) is 22.1 Å². The van der Waals surface area contributed by atoms with E-state index in [1.54, 1.807) is 6.92 Å². The Morgan fingerprint density at radius 2 is 2.25 bits per heavy atom. The van der Waals surface area contributed by atoms with Gasteiger partial charge in [-0.25, -0.2) is 9.55 Å². The highest BCUT2D eigenvalue weighted by Crippen LogP contribution is 2.23. The fraction of sp³-hybridized carbons (Fsp3) is 0.692. The molecule has 1 heterocycles. The summed E-state index contributed by atoms with van der Waals surface area (Å²) in [7, 11) is 0. The molecule has 0 unspecified atom stereocenters. The van der Waals surface area contributed by atoms with E-state index >= 15 is 0 Å². The second kappa shape index (κ2) is 6.02. The average Bonchev–Trinajstić information content (AvgIpc) is 2.74. The van der Waals surface area contributed by atoms with Crippen LogP contribution in [0.5, 0.6) is 0 Å². The highest BCUT2D eigenvalue weighted by Gasteiger charge is 2.25. The normalized spacial score (nSPS) is 22.5. The van der Waals surface area contributed by atoms with Crippen LogP contribution in [0.15, 0.2) is 6.20 Å². The fourth-order valence-corrected chi connectivity index (χ4v) is 2.72. The quantitative estimate of drug-likeness (QED) is 0.672. The molecule has 2 rings (SSSR count). The number of carbonyl (C=O) groups excluding carboxylic acids is 1. The van der Waals surface area contributed by atoms with Crippen molar-refractivity contribution in [3.8, 4) is 0 Å². The predicted molar refractivity (Wildman–Crippen MR) is 73.2 cm³/mol. The Hall–Kier alpha value is -1.92. The van der Waals surface area contributed by atoms with Gasteiger partial charge in [-0.2, -0.15) is 0 Å². The highest BCUT2D eigenvalue weighted by molar-refractivity contribution is 5.76. The molecule has 1 fully saturated rings. The van der Waals surface area contributed by atoms with Gasteiger partial charge in [-0.15, -0.1) is 0 Å². The summed E-state index contributed by atoms with van der Waals surface area (Å²) in [6.07, 6.45) is 5.62. The SMILES string of the molecule is Cc1ncc([N+](=O)[O-])n1CC(=O)N[C@H]1CCCC[C@@H]1C. The highest BCUT2D eigenvalue weighted by atomic mass is 16.6. The summed E-state index contributed by atoms with van der Waals surface area (Å²) < 4.78 is 1.34. The first kappa shape index (κ1) is 14.5. The number of carbonyl (C=O) groups is 1. The van der Waals surface area contributed by atoms with Crippen molar-refractivity contribution in [1.82, 2.24) is 14.9 Å². The van der Waals surface area contributed by atoms with Gasteiger partial charge in [0.25, 0.3) is 5.91 Å². The van der Waals surface area contributed by atoms with Crippen LogP contribution in [0.1, 0.15) is 38.4 Å². The van der Waals surface area contributed by atoms with Gasteiger partial charge in [0, 0.05) is 13.0 Å². The number of rotatable bonds is 4. The molecular formula is C13H20N4O3. The summed E-state index contributed by atoms with van der Waals surface area (Å²) in [5, 5.41) is 13.9. The second-order valence-electron chi connectivity index (χ2n) is 5.44. The molecule has 1 aliphatic rings. The molecule has 20 heavy (non-hydrogen) atoms. The number of aryl methyl sites for hydroxylation is 1. The Balaban J connectivity index is 2.01. The monoisotopic (exact) mass is 280 g/mol. The molecule has 7 nitrogen and oxygen atoms in total. The first-order valence-corrected chi connectivity index (χ1v) is 6.95. The smallest absolute Gasteiger partial charge is 0.343 e. The Morgan fingerprint density at radius 1 is 1.55 bits per heavy atom. The van der Waals surface area contributed by atoms with Crippen LogP contribution < -0.4 is 5.32 Å². The Bertz CT molecular complexity index is 512. The molecule has 0 aromatic carbocycles. The third kappa shape index (κ3) is 3.15. The molecule has 1 amide bonds. The fourth-order valence-electron chi connectivity index (χ4n) is 2.72. The minimum absolute atomic E-state index is 0.0502. The van der Waals surface area contributed by atoms with Crippen LogP contribution in [0.4, 0.5) is 5.82 Å². The van der Waals surface area contributed by atoms with Crippen LogP contribution in [0.25, 0.3) is 0 Å². The lowest BCUT2D eigenvalue weighted by atomic mass is 9.86. The summed E-state index contributed by atoms with van der Waals surface area (Å²) in [6, 6.07) is 0.180. The molecule has 7 heteroatoms. The minimum Gasteiger partial charge on any atom is -0.358 e. The van der Waals surface area contributed by atoms with E-state index in [1.807, 2.05) is 0 Å². The van der Waals surface area contributed by atoms with Gasteiger partial charge in [0.1, 0.15) is 6.20 Å². The number of nitrogens with one attached hydrogen (secondary N) is 1. The number of nitrogens with zero attached hydrogens (tertiary/aromatic N) is 3. The zero-order chi connectivity index (χ0) is 14.7. The predicted octanol–water partition coefficient (Wildman–Crippen LogP) is 1.79. The number of imidazole rings is 1. The molecular weight excluding hydrogens is 260 g/mol. The van der Waals surface area contributed by atoms with Gasteiger partial charge in [0.2, 0.25) is 0 Å². The van der Waals surface area contributed by atoms with Crippen molar-refractivity contribution >= 4 is 11.7 Å². The summed E-state index contributed by atoms with van der Waals surface area (Å²) in [5.41, 5.74) is 0. The van der Waals surface area contributed by atoms with Gasteiger partial charge in [-0.05, 0) is 23.7 Å². The van der Waals surface area contributed by atoms with Crippen molar-refractivity contribution in [2.24, 2.45) is 5.92 Å². The molecule has 0 bridgehead atoms. The van der Waals surface area contributed by atoms with Crippen molar-refractivity contribution in [3.63, 3.8) is 0 Å². The van der Waals surface area contributed by atoms with Gasteiger partial charge in [0.05, 0.1) is 0 Å². The maximum Gasteiger partial charge on any atom is 0.343 e. The van der Waals surface area contributed by atoms with E-state index in [0.717, 1.165) is 19.3 Å². The van der Waals surface area contributed by atoms with Crippen molar-refractivity contribution < 1.29 is 9.72 Å². The van der Waals surface area contributed by atoms with E-state index in [1.165, 1.54) is 17.2 Å². The number of nitro groups is 1. The molecule has 0 spiro atoms. The maximum absolute atomic E-state index is 12.1. The molecule has 1 saturated carbocycles. The first-order chi connectivity index (χ1) is 9.49. The molecule has 1 aromatic heterocycles. The zero-order valence-electron chi connectivity index (χ0n) is 11.8. The standard InChI is InChI=1S/C13H20N4O3/c1-9-5-3-4-6-11(9)15-12(18)8-16-10(2)14-7-13(16)17(19)20/h7,9,11H,3-6,8H2,1-2H3,(H,15,18)/t9-,11-/m0/s1. The van der Waals surface area contributed by atoms with Crippen molar-refractivity contribution in [1.29, 1.82) is 0 Å². The molecule has 0 aliphatic heterocycles. The third-order valence-electron chi connectivity index (χ3n) is 3.98. The van der Waals surface area contributed by atoms with Crippen LogP contribution in [0.3, 0.4) is 0 Å². The van der Waals surface area contributed by atoms with Gasteiger partial charge < -0.3 is 15.4 Å². The van der Waals surface area contributed by atoms with Gasteiger partial charge in [0.15, 0.2) is 12.4 Å². The lowest BCUT2D eigenvalue weighted by Crippen LogP contribution is -2.42. The van der Waals surface area contributed by atoms with Gasteiger partial charge >= 0.3 is 5.82 Å². The van der Waals surface area contributed by atoms with Crippen LogP contribution in [0.2, 0.25) is 0 Å². The van der Waals surface area contributed by atoms with E-state index in [-0.39, 0.29) is 24.3 Å². The second-order valence-corrected chi connectivity index (χ2v) is 5.44. The molecule has 1 aromatic rings. The summed E-state index contributed by atoms with van der Waals surface area (Å²) in [5.74, 6) is 0.609. The summed E-state index contributed by atoms with van der Waals surface area (Å²) in [4.78, 5) is 26.3. The number of hydrogen-bond donors (Lipinski definition) is 1. The molecule has 110 valence electrons. The van der Waals surface area contributed by atoms with E-state index in [9.17, 15) is 14.9 Å². The minimum atomic E-state index is -0.517. The third-order valence-corrected chi connectivity index (χ3v) is 3.98. The van der Waals surface area contributed by atoms with Crippen LogP contribution >= 0.6 is 0 Å². The number of hydrogen-bond acceptors (Lipinski definition) is 4. The van der Waals surface area contributed by atoms with E-state index in [4.69, 9.17) is 0 Å². The Kier molecular flexibility index (Phi) is 4.36. The number of amides is 1. The van der Waals surface area contributed by atoms with Crippen LogP contribution in [-0.2, 0) is 11.3 Å². The van der Waals surface area contributed by atoms with E-state index in [0.29, 0.717) is 11.7 Å². The Labute approximate surface area is 117 Å². The molecule has 2 atom stereocenters. The van der Waals surface area contributed by atoms with Crippen molar-refractivity contribution in [2.75, 3.05) is 0 Å². The van der Waals surface area contributed by atoms with Crippen LogP contribution in [-0.4, -0.2) is 26.4 Å². The van der Waals surface area contributed by atoms with E-state index in [2.05, 4.69) is 17.2 Å². The number of aromatic nitrogens is 2. The first-order valence-electron chi connectivity index (χ1n) is 6.95. The molecule has 1 aliphatic carbocycles. The average molecular weight is 280 g/mol. The lowest BCUT2D eigenvalue weighted by molar-refractivity contribution is -0.392. The van der Waals surface area contributed by atoms with Crippen molar-refractivity contribution in [2.45, 2.75) is 52.1 Å². The summed E-state index contributed by atoms with van der Waals surface area (Å²) in [6.45, 7) is 3.74. The maximum atomic E-state index is 12.1. The molecule has 0 radical (unpaired) electrons. The lowest BCUT2D eigenvalue weighted by Gasteiger charge is -2.29. The van der Waals surface area contributed by atoms with Crippen LogP contribution in [0, 0.1) is 23.0 Å². The molecule has 0 saturated heterocycles. The molecule has 1 N–H and O–H groups in total. The van der Waals surface area contributed by atoms with Gasteiger partial charge in [-0.1, -0.05) is 19.8 Å². The van der Waals surface area contributed by atoms with Gasteiger partial charge in [-0.3, -0.25) is 4.79 Å². The van der Waals surface area contributed by atoms with E-state index < -0.39 is 4.92 Å². The largest absolute Gasteiger partial charge is 0.358 e. The zero-order valence-corrected chi connectivity index (χ0v) is 11.8. The summed E-state index contributed by atoms with van der Waals surface area (Å²) >= 11 is 0.